The molecule has 4 heterocycles. The van der Waals surface area contributed by atoms with Gasteiger partial charge in [-0.25, -0.2) is 18.7 Å². The minimum absolute atomic E-state index is 0.190. The number of aliphatic hydroxyl groups is 1. The second-order valence-electron chi connectivity index (χ2n) is 6.19. The van der Waals surface area contributed by atoms with Crippen molar-refractivity contribution in [2.75, 3.05) is 18.4 Å². The summed E-state index contributed by atoms with van der Waals surface area (Å²) in [7, 11) is 0. The maximum atomic E-state index is 13.5. The Morgan fingerprint density at radius 2 is 2.27 bits per heavy atom. The van der Waals surface area contributed by atoms with E-state index in [1.165, 1.54) is 17.4 Å². The van der Waals surface area contributed by atoms with Gasteiger partial charge in [-0.1, -0.05) is 0 Å². The number of nitrogens with one attached hydrogen (secondary N) is 1. The Kier molecular flexibility index (Phi) is 4.75. The van der Waals surface area contributed by atoms with Gasteiger partial charge in [0, 0.05) is 25.8 Å². The Labute approximate surface area is 152 Å². The van der Waals surface area contributed by atoms with E-state index in [0.29, 0.717) is 42.2 Å². The largest absolute Gasteiger partial charge is 0.372 e. The highest BCUT2D eigenvalue weighted by Gasteiger charge is 2.30. The third-order valence-electron chi connectivity index (χ3n) is 4.29. The average Bonchev–Trinajstić information content (AvgIpc) is 3.27. The molecule has 9 heteroatoms. The van der Waals surface area contributed by atoms with Crippen LogP contribution in [0.5, 0.6) is 0 Å². The molecule has 3 aromatic heterocycles. The molecule has 2 N–H and O–H groups in total. The van der Waals surface area contributed by atoms with Crippen LogP contribution in [0.1, 0.15) is 23.9 Å². The van der Waals surface area contributed by atoms with Crippen LogP contribution in [-0.4, -0.2) is 44.2 Å². The molecular formula is C17H17F2N5OS. The Bertz CT molecular complexity index is 921. The number of pyridine rings is 1. The maximum Gasteiger partial charge on any atom is 0.223 e. The molecule has 4 rings (SSSR count). The van der Waals surface area contributed by atoms with Gasteiger partial charge in [-0.3, -0.25) is 9.88 Å². The SMILES string of the molecule is OC(c1nc(NCc2cncc(F)c2)nc2ccsc12)N1CCC(F)C1. The van der Waals surface area contributed by atoms with Gasteiger partial charge in [0.05, 0.1) is 16.4 Å². The number of alkyl halides is 1. The number of likely N-dealkylation sites (tertiary alicyclic amines) is 1. The van der Waals surface area contributed by atoms with Crippen LogP contribution in [0.4, 0.5) is 14.7 Å². The fourth-order valence-electron chi connectivity index (χ4n) is 3.01. The summed E-state index contributed by atoms with van der Waals surface area (Å²) in [6.07, 6.45) is 1.19. The van der Waals surface area contributed by atoms with Crippen molar-refractivity contribution in [1.29, 1.82) is 0 Å². The zero-order valence-electron chi connectivity index (χ0n) is 13.8. The summed E-state index contributed by atoms with van der Waals surface area (Å²) in [6, 6.07) is 3.22. The van der Waals surface area contributed by atoms with E-state index < -0.39 is 18.2 Å². The quantitative estimate of drug-likeness (QED) is 0.712. The zero-order valence-corrected chi connectivity index (χ0v) is 14.6. The van der Waals surface area contributed by atoms with Gasteiger partial charge < -0.3 is 10.4 Å². The van der Waals surface area contributed by atoms with Crippen molar-refractivity contribution in [2.24, 2.45) is 0 Å². The molecule has 1 aliphatic rings. The highest BCUT2D eigenvalue weighted by Crippen LogP contribution is 2.31. The van der Waals surface area contributed by atoms with Crippen molar-refractivity contribution in [3.8, 4) is 0 Å². The molecular weight excluding hydrogens is 360 g/mol. The van der Waals surface area contributed by atoms with E-state index in [9.17, 15) is 13.9 Å². The summed E-state index contributed by atoms with van der Waals surface area (Å²) in [5.74, 6) is -0.0883. The molecule has 0 bridgehead atoms. The summed E-state index contributed by atoms with van der Waals surface area (Å²) in [4.78, 5) is 14.3. The lowest BCUT2D eigenvalue weighted by atomic mass is 10.3. The minimum atomic E-state index is -0.990. The Balaban J connectivity index is 1.60. The normalized spacial score (nSPS) is 19.1. The van der Waals surface area contributed by atoms with E-state index in [1.54, 1.807) is 11.1 Å². The van der Waals surface area contributed by atoms with E-state index in [0.717, 1.165) is 10.9 Å². The van der Waals surface area contributed by atoms with Crippen LogP contribution in [0.15, 0.2) is 29.9 Å². The predicted molar refractivity (Wildman–Crippen MR) is 95.0 cm³/mol. The monoisotopic (exact) mass is 377 g/mol. The Morgan fingerprint density at radius 1 is 1.38 bits per heavy atom. The lowest BCUT2D eigenvalue weighted by Gasteiger charge is -2.22. The number of rotatable bonds is 5. The van der Waals surface area contributed by atoms with E-state index in [2.05, 4.69) is 20.3 Å². The molecule has 3 aromatic rings. The van der Waals surface area contributed by atoms with Crippen molar-refractivity contribution >= 4 is 27.5 Å². The van der Waals surface area contributed by atoms with Gasteiger partial charge in [-0.15, -0.1) is 11.3 Å². The summed E-state index contributed by atoms with van der Waals surface area (Å²) >= 11 is 1.43. The highest BCUT2D eigenvalue weighted by atomic mass is 32.1. The smallest absolute Gasteiger partial charge is 0.223 e. The van der Waals surface area contributed by atoms with Gasteiger partial charge >= 0.3 is 0 Å². The minimum Gasteiger partial charge on any atom is -0.372 e. The standard InChI is InChI=1S/C17H17F2N5OS/c18-11-1-3-24(9-11)16(25)14-15-13(2-4-26-15)22-17(23-14)21-7-10-5-12(19)8-20-6-10/h2,4-6,8,11,16,25H,1,3,7,9H2,(H,21,22,23). The second kappa shape index (κ2) is 7.18. The summed E-state index contributed by atoms with van der Waals surface area (Å²) in [5, 5.41) is 15.6. The van der Waals surface area contributed by atoms with Crippen LogP contribution in [-0.2, 0) is 6.54 Å². The summed E-state index contributed by atoms with van der Waals surface area (Å²) in [5.41, 5.74) is 1.81. The number of aliphatic hydroxyl groups excluding tert-OH is 1. The molecule has 136 valence electrons. The molecule has 0 spiro atoms. The number of halogens is 2. The lowest BCUT2D eigenvalue weighted by Crippen LogP contribution is -2.27. The van der Waals surface area contributed by atoms with Gasteiger partial charge in [-0.05, 0) is 29.5 Å². The molecule has 0 radical (unpaired) electrons. The first-order valence-corrected chi connectivity index (χ1v) is 9.13. The molecule has 1 saturated heterocycles. The van der Waals surface area contributed by atoms with E-state index in [4.69, 9.17) is 0 Å². The molecule has 2 atom stereocenters. The van der Waals surface area contributed by atoms with Crippen molar-refractivity contribution in [1.82, 2.24) is 19.9 Å². The van der Waals surface area contributed by atoms with E-state index >= 15 is 0 Å². The zero-order chi connectivity index (χ0) is 18.1. The first kappa shape index (κ1) is 17.2. The average molecular weight is 377 g/mol. The first-order valence-electron chi connectivity index (χ1n) is 8.25. The van der Waals surface area contributed by atoms with Gasteiger partial charge in [0.15, 0.2) is 6.23 Å². The molecule has 6 nitrogen and oxygen atoms in total. The topological polar surface area (TPSA) is 74.2 Å². The van der Waals surface area contributed by atoms with Crippen molar-refractivity contribution in [3.63, 3.8) is 0 Å². The van der Waals surface area contributed by atoms with Crippen LogP contribution in [0.2, 0.25) is 0 Å². The number of fused-ring (bicyclic) bond motifs is 1. The van der Waals surface area contributed by atoms with Gasteiger partial charge in [-0.2, -0.15) is 0 Å². The highest BCUT2D eigenvalue weighted by molar-refractivity contribution is 7.17. The van der Waals surface area contributed by atoms with Crippen molar-refractivity contribution in [3.05, 3.63) is 47.0 Å². The van der Waals surface area contributed by atoms with Gasteiger partial charge in [0.2, 0.25) is 5.95 Å². The number of hydrogen-bond donors (Lipinski definition) is 2. The maximum absolute atomic E-state index is 13.5. The number of aromatic nitrogens is 3. The molecule has 26 heavy (non-hydrogen) atoms. The van der Waals surface area contributed by atoms with E-state index in [1.807, 2.05) is 11.4 Å². The molecule has 2 unspecified atom stereocenters. The van der Waals surface area contributed by atoms with Crippen molar-refractivity contribution in [2.45, 2.75) is 25.4 Å². The number of thiophene rings is 1. The molecule has 1 aliphatic heterocycles. The lowest BCUT2D eigenvalue weighted by molar-refractivity contribution is 0.0130. The van der Waals surface area contributed by atoms with Gasteiger partial charge in [0.25, 0.3) is 0 Å². The molecule has 0 saturated carbocycles. The summed E-state index contributed by atoms with van der Waals surface area (Å²) in [6.45, 7) is 0.971. The van der Waals surface area contributed by atoms with Crippen LogP contribution in [0, 0.1) is 5.82 Å². The van der Waals surface area contributed by atoms with Crippen LogP contribution in [0.25, 0.3) is 10.2 Å². The van der Waals surface area contributed by atoms with Crippen LogP contribution >= 0.6 is 11.3 Å². The number of anilines is 1. The molecule has 0 amide bonds. The second-order valence-corrected chi connectivity index (χ2v) is 7.10. The summed E-state index contributed by atoms with van der Waals surface area (Å²) < 4.78 is 27.5. The fraction of sp³-hybridized carbons (Fsp3) is 0.353. The predicted octanol–water partition coefficient (Wildman–Crippen LogP) is 2.87. The fourth-order valence-corrected chi connectivity index (χ4v) is 3.85. The Hall–Kier alpha value is -2.23. The number of nitrogens with zero attached hydrogens (tertiary/aromatic N) is 4. The number of hydrogen-bond acceptors (Lipinski definition) is 7. The van der Waals surface area contributed by atoms with Crippen LogP contribution < -0.4 is 5.32 Å². The molecule has 0 aromatic carbocycles. The Morgan fingerprint density at radius 3 is 3.04 bits per heavy atom. The van der Waals surface area contributed by atoms with E-state index in [-0.39, 0.29) is 6.54 Å². The van der Waals surface area contributed by atoms with Gasteiger partial charge in [0.1, 0.15) is 17.7 Å². The van der Waals surface area contributed by atoms with Crippen LogP contribution in [0.3, 0.4) is 0 Å². The first-order chi connectivity index (χ1) is 12.6. The molecule has 1 fully saturated rings. The van der Waals surface area contributed by atoms with Crippen molar-refractivity contribution < 1.29 is 13.9 Å². The molecule has 0 aliphatic carbocycles. The third-order valence-corrected chi connectivity index (χ3v) is 5.22. The third kappa shape index (κ3) is 3.50.